The Morgan fingerprint density at radius 1 is 0.833 bits per heavy atom. The van der Waals surface area contributed by atoms with E-state index < -0.39 is 0 Å². The van der Waals surface area contributed by atoms with Crippen LogP contribution in [0.25, 0.3) is 17.8 Å². The van der Waals surface area contributed by atoms with Crippen LogP contribution in [0.5, 0.6) is 0 Å². The van der Waals surface area contributed by atoms with Gasteiger partial charge in [-0.3, -0.25) is 24.7 Å². The van der Waals surface area contributed by atoms with Gasteiger partial charge in [-0.2, -0.15) is 5.01 Å². The van der Waals surface area contributed by atoms with Gasteiger partial charge >= 0.3 is 0 Å². The quantitative estimate of drug-likeness (QED) is 0.233. The number of amides is 1. The highest BCUT2D eigenvalue weighted by Gasteiger charge is 2.30. The molecule has 4 aromatic rings. The van der Waals surface area contributed by atoms with Crippen LogP contribution in [0.4, 0.5) is 11.4 Å². The first-order chi connectivity index (χ1) is 20.3. The Morgan fingerprint density at radius 3 is 1.95 bits per heavy atom. The van der Waals surface area contributed by atoms with Crippen molar-refractivity contribution in [3.05, 3.63) is 128 Å². The van der Waals surface area contributed by atoms with Crippen LogP contribution in [-0.4, -0.2) is 35.1 Å². The van der Waals surface area contributed by atoms with Crippen LogP contribution in [0.3, 0.4) is 0 Å². The molecular weight excluding hydrogens is 536 g/mol. The van der Waals surface area contributed by atoms with Crippen molar-refractivity contribution < 1.29 is 25.1 Å². The second kappa shape index (κ2) is 12.3. The average molecular weight is 567 g/mol. The second-order valence-electron chi connectivity index (χ2n) is 9.99. The van der Waals surface area contributed by atoms with Gasteiger partial charge in [0.05, 0.1) is 16.9 Å². The maximum atomic E-state index is 14.0. The van der Waals surface area contributed by atoms with Gasteiger partial charge in [0.1, 0.15) is 13.2 Å². The lowest BCUT2D eigenvalue weighted by Gasteiger charge is -2.12. The number of pyridine rings is 1. The van der Waals surface area contributed by atoms with Gasteiger partial charge in [0, 0.05) is 25.0 Å². The van der Waals surface area contributed by atoms with Crippen molar-refractivity contribution in [2.45, 2.75) is 20.1 Å². The van der Waals surface area contributed by atoms with E-state index in [1.807, 2.05) is 49.3 Å². The number of nitrogens with zero attached hydrogens (tertiary/aromatic N) is 4. The van der Waals surface area contributed by atoms with Gasteiger partial charge in [0.25, 0.3) is 11.5 Å². The van der Waals surface area contributed by atoms with Crippen LogP contribution in [0.15, 0.2) is 88.8 Å². The molecule has 10 nitrogen and oxygen atoms in total. The van der Waals surface area contributed by atoms with Crippen molar-refractivity contribution in [1.82, 2.24) is 4.57 Å². The molecule has 0 saturated heterocycles. The molecule has 0 unspecified atom stereocenters. The summed E-state index contributed by atoms with van der Waals surface area (Å²) in [5, 5.41) is 23.8. The fourth-order valence-electron chi connectivity index (χ4n) is 4.76. The van der Waals surface area contributed by atoms with Gasteiger partial charge < -0.3 is 4.90 Å². The molecule has 42 heavy (non-hydrogen) atoms. The van der Waals surface area contributed by atoms with Crippen LogP contribution in [0, 0.1) is 6.92 Å². The number of rotatable bonds is 9. The molecular formula is C32H30N4O6. The second-order valence-corrected chi connectivity index (χ2v) is 9.99. The monoisotopic (exact) mass is 566 g/mol. The Balaban J connectivity index is 1.64. The number of hydrogen-bond donors (Lipinski definition) is 2. The molecule has 0 spiro atoms. The molecule has 0 atom stereocenters. The zero-order chi connectivity index (χ0) is 29.8. The van der Waals surface area contributed by atoms with Gasteiger partial charge in [-0.05, 0) is 71.7 Å². The van der Waals surface area contributed by atoms with E-state index in [0.717, 1.165) is 11.3 Å². The summed E-state index contributed by atoms with van der Waals surface area (Å²) < 4.78 is 1.42. The summed E-state index contributed by atoms with van der Waals surface area (Å²) >= 11 is 0. The normalized spacial score (nSPS) is 13.1. The summed E-state index contributed by atoms with van der Waals surface area (Å²) in [6, 6.07) is 21.7. The topological polar surface area (TPSA) is 117 Å². The molecule has 1 aliphatic rings. The van der Waals surface area contributed by atoms with E-state index in [0.29, 0.717) is 38.8 Å². The SMILES string of the molecule is Cc1c2c(n(-c3ccc(COO)cc3)c(=O)/c1=C/C=C/c1ccc(N(C)C)cc1)=NN(c1ccc(COO)cc1)C2=O. The largest absolute Gasteiger partial charge is 0.378 e. The van der Waals surface area contributed by atoms with E-state index in [4.69, 9.17) is 10.5 Å². The summed E-state index contributed by atoms with van der Waals surface area (Å²) in [7, 11) is 3.95. The smallest absolute Gasteiger partial charge is 0.282 e. The molecule has 10 heteroatoms. The molecule has 1 aliphatic heterocycles. The Kier molecular flexibility index (Phi) is 8.41. The molecule has 0 bridgehead atoms. The third kappa shape index (κ3) is 5.65. The van der Waals surface area contributed by atoms with Crippen LogP contribution in [0.1, 0.15) is 32.6 Å². The van der Waals surface area contributed by atoms with E-state index in [1.54, 1.807) is 67.6 Å². The van der Waals surface area contributed by atoms with E-state index in [-0.39, 0.29) is 30.2 Å². The number of allylic oxidation sites excluding steroid dienone is 1. The lowest BCUT2D eigenvalue weighted by atomic mass is 10.1. The third-order valence-electron chi connectivity index (χ3n) is 7.05. The Morgan fingerprint density at radius 2 is 1.40 bits per heavy atom. The predicted octanol–water partition coefficient (Wildman–Crippen LogP) is 3.88. The van der Waals surface area contributed by atoms with Gasteiger partial charge in [-0.15, -0.1) is 5.10 Å². The highest BCUT2D eigenvalue weighted by molar-refractivity contribution is 6.08. The summed E-state index contributed by atoms with van der Waals surface area (Å²) in [6.45, 7) is 1.75. The number of carbonyl (C=O) groups is 1. The lowest BCUT2D eigenvalue weighted by molar-refractivity contribution is -0.253. The Labute approximate surface area is 241 Å². The van der Waals surface area contributed by atoms with Gasteiger partial charge in [0.2, 0.25) is 0 Å². The molecule has 0 aliphatic carbocycles. The molecule has 3 aromatic carbocycles. The fraction of sp³-hybridized carbons (Fsp3) is 0.156. The minimum absolute atomic E-state index is 0.00547. The molecule has 1 aromatic heterocycles. The zero-order valence-electron chi connectivity index (χ0n) is 23.4. The number of hydrogen-bond acceptors (Lipinski definition) is 8. The molecule has 0 saturated carbocycles. The molecule has 1 amide bonds. The molecule has 2 N–H and O–H groups in total. The van der Waals surface area contributed by atoms with Crippen molar-refractivity contribution in [3.63, 3.8) is 0 Å². The molecule has 214 valence electrons. The molecule has 2 heterocycles. The number of carbonyl (C=O) groups excluding carboxylic acids is 1. The van der Waals surface area contributed by atoms with Gasteiger partial charge in [-0.1, -0.05) is 48.6 Å². The van der Waals surface area contributed by atoms with Crippen molar-refractivity contribution in [2.75, 3.05) is 24.0 Å². The minimum Gasteiger partial charge on any atom is -0.378 e. The number of fused-ring (bicyclic) bond motifs is 1. The van der Waals surface area contributed by atoms with E-state index in [9.17, 15) is 9.59 Å². The standard InChI is InChI=1S/C32H30N4O6/c1-21-28(6-4-5-22-7-13-25(14-8-22)34(2)3)31(37)35(26-15-9-23(10-16-26)19-41-39)30-29(21)32(38)36(33-30)27-17-11-24(12-18-27)20-42-40/h4-18,39-40H,19-20H2,1-3H3/b5-4+,28-6+. The number of anilines is 2. The number of benzene rings is 3. The lowest BCUT2D eigenvalue weighted by Crippen LogP contribution is -2.45. The summed E-state index contributed by atoms with van der Waals surface area (Å²) in [6.07, 6.45) is 5.40. The molecule has 0 radical (unpaired) electrons. The van der Waals surface area contributed by atoms with Crippen LogP contribution >= 0.6 is 0 Å². The Hall–Kier alpha value is -4.87. The van der Waals surface area contributed by atoms with Crippen LogP contribution in [-0.2, 0) is 23.0 Å². The molecule has 5 rings (SSSR count). The highest BCUT2D eigenvalue weighted by atomic mass is 17.1. The first-order valence-corrected chi connectivity index (χ1v) is 13.2. The molecule has 0 fully saturated rings. The minimum atomic E-state index is -0.370. The summed E-state index contributed by atoms with van der Waals surface area (Å²) in [4.78, 5) is 38.2. The fourth-order valence-corrected chi connectivity index (χ4v) is 4.76. The van der Waals surface area contributed by atoms with Gasteiger partial charge in [-0.25, -0.2) is 9.78 Å². The van der Waals surface area contributed by atoms with Crippen molar-refractivity contribution in [2.24, 2.45) is 5.10 Å². The Bertz CT molecular complexity index is 1810. The van der Waals surface area contributed by atoms with E-state index in [2.05, 4.69) is 14.9 Å². The first kappa shape index (κ1) is 28.7. The maximum Gasteiger partial charge on any atom is 0.282 e. The van der Waals surface area contributed by atoms with Crippen LogP contribution < -0.4 is 26.2 Å². The van der Waals surface area contributed by atoms with Crippen molar-refractivity contribution in [1.29, 1.82) is 0 Å². The third-order valence-corrected chi connectivity index (χ3v) is 7.05. The average Bonchev–Trinajstić information content (AvgIpc) is 3.33. The van der Waals surface area contributed by atoms with Crippen molar-refractivity contribution >= 4 is 29.4 Å². The van der Waals surface area contributed by atoms with E-state index in [1.165, 1.54) is 9.58 Å². The number of aromatic nitrogens is 1. The van der Waals surface area contributed by atoms with Crippen molar-refractivity contribution in [3.8, 4) is 5.69 Å². The van der Waals surface area contributed by atoms with Gasteiger partial charge in [0.15, 0.2) is 5.49 Å². The summed E-state index contributed by atoms with van der Waals surface area (Å²) in [5.41, 5.74) is 5.18. The highest BCUT2D eigenvalue weighted by Crippen LogP contribution is 2.22. The predicted molar refractivity (Wildman–Crippen MR) is 160 cm³/mol. The van der Waals surface area contributed by atoms with Crippen LogP contribution in [0.2, 0.25) is 0 Å². The summed E-state index contributed by atoms with van der Waals surface area (Å²) in [5.74, 6) is -0.370. The zero-order valence-corrected chi connectivity index (χ0v) is 23.4. The first-order valence-electron chi connectivity index (χ1n) is 13.2. The van der Waals surface area contributed by atoms with E-state index >= 15 is 0 Å². The maximum absolute atomic E-state index is 14.0.